The molecule has 3 unspecified atom stereocenters. The van der Waals surface area contributed by atoms with E-state index in [1.807, 2.05) is 26.5 Å². The number of allylic oxidation sites excluding steroid dienone is 1. The van der Waals surface area contributed by atoms with Crippen LogP contribution in [0.4, 0.5) is 0 Å². The minimum atomic E-state index is -0.153. The molecule has 1 N–H and O–H groups in total. The van der Waals surface area contributed by atoms with Gasteiger partial charge < -0.3 is 19.6 Å². The van der Waals surface area contributed by atoms with Crippen molar-refractivity contribution < 1.29 is 14.6 Å². The zero-order valence-corrected chi connectivity index (χ0v) is 29.4. The third kappa shape index (κ3) is 6.75. The summed E-state index contributed by atoms with van der Waals surface area (Å²) in [5, 5.41) is 20.6. The standard InChI is InChI=1S/C39H47ClN6O3/c1-3-5-18-43(19-6-4-2)37(48)36-35(40)39-46(42-36)34-17-16-29(31-22-41-44(24-31)23-27-12-8-7-9-13-27)21-33(34)38(49-39)45-25-30-15-11-10-14-28(30)20-32(45)26-47/h7-15,22,24,29,32,34,47H,3-6,16-21,23,25-26H2,1-2H3. The highest BCUT2D eigenvalue weighted by Crippen LogP contribution is 2.50. The molecule has 0 spiro atoms. The number of unbranched alkanes of at least 4 members (excludes halogenated alkanes) is 2. The van der Waals surface area contributed by atoms with Crippen molar-refractivity contribution in [3.8, 4) is 5.88 Å². The minimum Gasteiger partial charge on any atom is -0.421 e. The number of carbonyl (C=O) groups is 1. The third-order valence-corrected chi connectivity index (χ3v) is 10.8. The molecule has 7 rings (SSSR count). The van der Waals surface area contributed by atoms with Crippen molar-refractivity contribution in [3.63, 3.8) is 0 Å². The summed E-state index contributed by atoms with van der Waals surface area (Å²) in [7, 11) is 0. The predicted molar refractivity (Wildman–Crippen MR) is 191 cm³/mol. The Morgan fingerprint density at radius 1 is 1.00 bits per heavy atom. The third-order valence-electron chi connectivity index (χ3n) is 10.4. The number of nitrogens with zero attached hydrogens (tertiary/aromatic N) is 6. The van der Waals surface area contributed by atoms with E-state index in [1.165, 1.54) is 22.3 Å². The molecule has 2 aromatic carbocycles. The molecule has 1 saturated carbocycles. The number of fused-ring (bicyclic) bond motifs is 4. The number of hydrogen-bond acceptors (Lipinski definition) is 6. The monoisotopic (exact) mass is 682 g/mol. The van der Waals surface area contributed by atoms with Gasteiger partial charge in [0.1, 0.15) is 5.02 Å². The van der Waals surface area contributed by atoms with Crippen LogP contribution in [0.2, 0.25) is 5.02 Å². The van der Waals surface area contributed by atoms with E-state index in [1.54, 1.807) is 0 Å². The summed E-state index contributed by atoms with van der Waals surface area (Å²) in [6.07, 6.45) is 11.3. The summed E-state index contributed by atoms with van der Waals surface area (Å²) in [5.74, 6) is 1.26. The molecule has 2 aromatic heterocycles. The van der Waals surface area contributed by atoms with Crippen LogP contribution >= 0.6 is 11.6 Å². The SMILES string of the molecule is CCCCN(CCCC)C(=O)c1nn2c(c1Cl)OC(N1Cc3ccccc3CC1CO)=C1CC(c3cnn(Cc4ccccc4)c3)CCC12. The molecule has 10 heteroatoms. The molecule has 0 bridgehead atoms. The smallest absolute Gasteiger partial charge is 0.276 e. The summed E-state index contributed by atoms with van der Waals surface area (Å²) in [4.78, 5) is 18.1. The van der Waals surface area contributed by atoms with Crippen molar-refractivity contribution in [2.24, 2.45) is 0 Å². The number of aliphatic hydroxyl groups excluding tert-OH is 1. The number of hydrogen-bond donors (Lipinski definition) is 1. The Morgan fingerprint density at radius 2 is 1.73 bits per heavy atom. The highest BCUT2D eigenvalue weighted by molar-refractivity contribution is 6.34. The van der Waals surface area contributed by atoms with Crippen LogP contribution in [0, 0.1) is 0 Å². The van der Waals surface area contributed by atoms with E-state index in [2.05, 4.69) is 73.5 Å². The predicted octanol–water partition coefficient (Wildman–Crippen LogP) is 7.36. The van der Waals surface area contributed by atoms with E-state index in [0.717, 1.165) is 62.9 Å². The summed E-state index contributed by atoms with van der Waals surface area (Å²) >= 11 is 7.07. The molecule has 0 radical (unpaired) electrons. The maximum absolute atomic E-state index is 14.0. The lowest BCUT2D eigenvalue weighted by Crippen LogP contribution is -2.45. The Labute approximate surface area is 294 Å². The summed E-state index contributed by atoms with van der Waals surface area (Å²) in [6, 6.07) is 18.5. The van der Waals surface area contributed by atoms with Crippen molar-refractivity contribution in [2.75, 3.05) is 19.7 Å². The number of amides is 1. The van der Waals surface area contributed by atoms with Crippen molar-refractivity contribution >= 4 is 17.5 Å². The van der Waals surface area contributed by atoms with Crippen LogP contribution in [-0.2, 0) is 19.5 Å². The molecule has 1 aliphatic carbocycles. The first-order valence-electron chi connectivity index (χ1n) is 18.0. The largest absolute Gasteiger partial charge is 0.421 e. The second-order valence-corrected chi connectivity index (χ2v) is 14.1. The van der Waals surface area contributed by atoms with Crippen LogP contribution in [0.25, 0.3) is 0 Å². The van der Waals surface area contributed by atoms with Gasteiger partial charge in [0, 0.05) is 31.4 Å². The highest BCUT2D eigenvalue weighted by atomic mass is 35.5. The number of halogens is 1. The Morgan fingerprint density at radius 3 is 2.47 bits per heavy atom. The van der Waals surface area contributed by atoms with Crippen LogP contribution < -0.4 is 4.74 Å². The normalized spacial score (nSPS) is 20.0. The molecule has 3 atom stereocenters. The average Bonchev–Trinajstić information content (AvgIpc) is 3.74. The van der Waals surface area contributed by atoms with Gasteiger partial charge in [-0.25, -0.2) is 4.68 Å². The van der Waals surface area contributed by atoms with E-state index in [4.69, 9.17) is 26.5 Å². The van der Waals surface area contributed by atoms with Gasteiger partial charge in [0.15, 0.2) is 11.6 Å². The summed E-state index contributed by atoms with van der Waals surface area (Å²) in [6.45, 7) is 6.96. The van der Waals surface area contributed by atoms with E-state index in [0.29, 0.717) is 31.9 Å². The molecule has 0 saturated heterocycles. The summed E-state index contributed by atoms with van der Waals surface area (Å²) in [5.41, 5.74) is 6.27. The van der Waals surface area contributed by atoms with Crippen LogP contribution in [0.1, 0.15) is 103 Å². The minimum absolute atomic E-state index is 0.00459. The number of rotatable bonds is 12. The first-order valence-corrected chi connectivity index (χ1v) is 18.4. The zero-order chi connectivity index (χ0) is 33.9. The average molecular weight is 683 g/mol. The van der Waals surface area contributed by atoms with Crippen molar-refractivity contribution in [2.45, 2.75) is 96.3 Å². The lowest BCUT2D eigenvalue weighted by atomic mass is 9.79. The van der Waals surface area contributed by atoms with Gasteiger partial charge in [0.2, 0.25) is 5.88 Å². The quantitative estimate of drug-likeness (QED) is 0.168. The van der Waals surface area contributed by atoms with Crippen LogP contribution in [-0.4, -0.2) is 66.1 Å². The van der Waals surface area contributed by atoms with Gasteiger partial charge in [-0.1, -0.05) is 92.9 Å². The Kier molecular flexibility index (Phi) is 10.1. The Bertz CT molecular complexity index is 1790. The second-order valence-electron chi connectivity index (χ2n) is 13.7. The van der Waals surface area contributed by atoms with E-state index >= 15 is 0 Å². The molecule has 1 amide bonds. The first kappa shape index (κ1) is 33.4. The zero-order valence-electron chi connectivity index (χ0n) is 28.6. The Balaban J connectivity index is 1.24. The molecule has 258 valence electrons. The highest BCUT2D eigenvalue weighted by Gasteiger charge is 2.43. The van der Waals surface area contributed by atoms with Gasteiger partial charge in [-0.3, -0.25) is 9.48 Å². The van der Waals surface area contributed by atoms with Crippen molar-refractivity contribution in [1.29, 1.82) is 0 Å². The van der Waals surface area contributed by atoms with Gasteiger partial charge in [0.05, 0.1) is 31.4 Å². The molecule has 1 fully saturated rings. The number of carbonyl (C=O) groups excluding carboxylic acids is 1. The van der Waals surface area contributed by atoms with Gasteiger partial charge in [0.25, 0.3) is 5.91 Å². The number of aliphatic hydroxyl groups is 1. The number of aromatic nitrogens is 4. The number of benzene rings is 2. The maximum Gasteiger partial charge on any atom is 0.276 e. The first-order chi connectivity index (χ1) is 24.0. The van der Waals surface area contributed by atoms with Gasteiger partial charge in [-0.15, -0.1) is 0 Å². The number of ether oxygens (including phenoxy) is 1. The van der Waals surface area contributed by atoms with Crippen LogP contribution in [0.15, 0.2) is 78.4 Å². The van der Waals surface area contributed by atoms with Crippen LogP contribution in [0.3, 0.4) is 0 Å². The topological polar surface area (TPSA) is 88.7 Å². The van der Waals surface area contributed by atoms with E-state index in [9.17, 15) is 9.90 Å². The second kappa shape index (κ2) is 14.8. The fourth-order valence-electron chi connectivity index (χ4n) is 7.66. The van der Waals surface area contributed by atoms with E-state index < -0.39 is 0 Å². The molecule has 9 nitrogen and oxygen atoms in total. The van der Waals surface area contributed by atoms with E-state index in [-0.39, 0.29) is 41.2 Å². The molecule has 2 aliphatic heterocycles. The Hall–Kier alpha value is -4.08. The molecule has 4 aromatic rings. The summed E-state index contributed by atoms with van der Waals surface area (Å²) < 4.78 is 10.7. The van der Waals surface area contributed by atoms with Gasteiger partial charge in [-0.05, 0) is 66.7 Å². The fourth-order valence-corrected chi connectivity index (χ4v) is 7.90. The molecule has 49 heavy (non-hydrogen) atoms. The molecular formula is C39H47ClN6O3. The molecule has 4 heterocycles. The molecule has 3 aliphatic rings. The van der Waals surface area contributed by atoms with Crippen molar-refractivity contribution in [3.05, 3.63) is 111 Å². The van der Waals surface area contributed by atoms with Crippen molar-refractivity contribution in [1.82, 2.24) is 29.4 Å². The lowest BCUT2D eigenvalue weighted by molar-refractivity contribution is 0.0740. The maximum atomic E-state index is 14.0. The van der Waals surface area contributed by atoms with Gasteiger partial charge in [-0.2, -0.15) is 10.2 Å². The lowest BCUT2D eigenvalue weighted by Gasteiger charge is -2.43. The fraction of sp³-hybridized carbons (Fsp3) is 0.462. The van der Waals surface area contributed by atoms with Gasteiger partial charge >= 0.3 is 0 Å². The van der Waals surface area contributed by atoms with Crippen LogP contribution in [0.5, 0.6) is 5.88 Å². The molecular weight excluding hydrogens is 636 g/mol.